The molecule has 2 saturated carbocycles. The van der Waals surface area contributed by atoms with Gasteiger partial charge in [0.1, 0.15) is 24.0 Å². The van der Waals surface area contributed by atoms with Gasteiger partial charge in [-0.3, -0.25) is 0 Å². The third-order valence-corrected chi connectivity index (χ3v) is 6.40. The molecule has 7 nitrogen and oxygen atoms in total. The number of hydrogen-bond donors (Lipinski definition) is 3. The van der Waals surface area contributed by atoms with E-state index < -0.39 is 23.7 Å². The minimum Gasteiger partial charge on any atom is -0.490 e. The van der Waals surface area contributed by atoms with Crippen LogP contribution in [0.1, 0.15) is 90.5 Å². The van der Waals surface area contributed by atoms with Crippen LogP contribution >= 0.6 is 0 Å². The molecule has 2 aliphatic carbocycles. The molecule has 36 heavy (non-hydrogen) atoms. The lowest BCUT2D eigenvalue weighted by Gasteiger charge is -2.30. The van der Waals surface area contributed by atoms with E-state index in [9.17, 15) is 14.7 Å². The summed E-state index contributed by atoms with van der Waals surface area (Å²) in [6.45, 7) is 9.10. The molecule has 0 heterocycles. The van der Waals surface area contributed by atoms with Crippen LogP contribution in [0.4, 0.5) is 4.79 Å². The summed E-state index contributed by atoms with van der Waals surface area (Å²) >= 11 is 0. The van der Waals surface area contributed by atoms with Crippen LogP contribution in [0.2, 0.25) is 0 Å². The summed E-state index contributed by atoms with van der Waals surface area (Å²) < 4.78 is 10.4. The maximum Gasteiger partial charge on any atom is 0.408 e. The third kappa shape index (κ3) is 12.4. The highest BCUT2D eigenvalue weighted by Gasteiger charge is 2.24. The number of hydrogen-bond acceptors (Lipinski definition) is 5. The van der Waals surface area contributed by atoms with Gasteiger partial charge in [-0.25, -0.2) is 9.59 Å². The summed E-state index contributed by atoms with van der Waals surface area (Å²) in [6.07, 6.45) is 15.6. The van der Waals surface area contributed by atoms with Gasteiger partial charge < -0.3 is 25.2 Å². The van der Waals surface area contributed by atoms with Crippen LogP contribution in [0.3, 0.4) is 0 Å². The highest BCUT2D eigenvalue weighted by Crippen LogP contribution is 2.22. The van der Waals surface area contributed by atoms with Crippen molar-refractivity contribution in [2.24, 2.45) is 0 Å². The zero-order valence-electron chi connectivity index (χ0n) is 22.4. The number of rotatable bonds is 9. The second kappa shape index (κ2) is 15.5. The van der Waals surface area contributed by atoms with Gasteiger partial charge in [0, 0.05) is 18.5 Å². The van der Waals surface area contributed by atoms with Crippen molar-refractivity contribution in [3.8, 4) is 5.75 Å². The second-order valence-electron chi connectivity index (χ2n) is 10.8. The van der Waals surface area contributed by atoms with Gasteiger partial charge in [0.25, 0.3) is 0 Å². The molecular formula is C29H46N2O5. The van der Waals surface area contributed by atoms with E-state index in [-0.39, 0.29) is 6.42 Å². The van der Waals surface area contributed by atoms with E-state index in [1.54, 1.807) is 51.1 Å². The molecule has 1 atom stereocenters. The Balaban J connectivity index is 0.000000293. The molecule has 1 amide bonds. The van der Waals surface area contributed by atoms with Crippen molar-refractivity contribution in [3.63, 3.8) is 0 Å². The van der Waals surface area contributed by atoms with Gasteiger partial charge in [0.2, 0.25) is 0 Å². The van der Waals surface area contributed by atoms with E-state index >= 15 is 0 Å². The molecule has 2 aliphatic rings. The Morgan fingerprint density at radius 3 is 1.97 bits per heavy atom. The number of carboxylic acid groups (broad SMARTS) is 1. The third-order valence-electron chi connectivity index (χ3n) is 6.40. The average Bonchev–Trinajstić information content (AvgIpc) is 2.84. The molecule has 0 bridgehead atoms. The van der Waals surface area contributed by atoms with E-state index in [2.05, 4.69) is 17.2 Å². The quantitative estimate of drug-likeness (QED) is 0.358. The predicted octanol–water partition coefficient (Wildman–Crippen LogP) is 6.01. The molecule has 3 rings (SSSR count). The van der Waals surface area contributed by atoms with Crippen LogP contribution in [0.5, 0.6) is 5.75 Å². The highest BCUT2D eigenvalue weighted by molar-refractivity contribution is 5.80. The SMILES string of the molecule is C1CCC(NC2CCCCC2)CC1.C=CCOc1ccc(C[C@@H](NC(=O)OC(C)(C)C)C(=O)O)cc1. The van der Waals surface area contributed by atoms with Gasteiger partial charge in [-0.2, -0.15) is 0 Å². The second-order valence-corrected chi connectivity index (χ2v) is 10.8. The molecule has 0 aliphatic heterocycles. The minimum atomic E-state index is -1.12. The topological polar surface area (TPSA) is 96.9 Å². The fourth-order valence-electron chi connectivity index (χ4n) is 4.63. The van der Waals surface area contributed by atoms with Gasteiger partial charge in [0.05, 0.1) is 0 Å². The summed E-state index contributed by atoms with van der Waals surface area (Å²) in [4.78, 5) is 23.0. The van der Waals surface area contributed by atoms with Crippen LogP contribution in [0.15, 0.2) is 36.9 Å². The van der Waals surface area contributed by atoms with E-state index in [1.807, 2.05) is 0 Å². The van der Waals surface area contributed by atoms with Crippen molar-refractivity contribution in [2.75, 3.05) is 6.61 Å². The van der Waals surface area contributed by atoms with Crippen molar-refractivity contribution < 1.29 is 24.2 Å². The molecule has 3 N–H and O–H groups in total. The lowest BCUT2D eigenvalue weighted by atomic mass is 9.91. The van der Waals surface area contributed by atoms with Gasteiger partial charge >= 0.3 is 12.1 Å². The Morgan fingerprint density at radius 1 is 1.00 bits per heavy atom. The zero-order valence-corrected chi connectivity index (χ0v) is 22.4. The number of benzene rings is 1. The molecule has 0 spiro atoms. The van der Waals surface area contributed by atoms with E-state index in [1.165, 1.54) is 64.2 Å². The van der Waals surface area contributed by atoms with Crippen LogP contribution < -0.4 is 15.4 Å². The Labute approximate surface area is 217 Å². The first-order valence-corrected chi connectivity index (χ1v) is 13.5. The molecule has 2 fully saturated rings. The first-order valence-electron chi connectivity index (χ1n) is 13.5. The lowest BCUT2D eigenvalue weighted by molar-refractivity contribution is -0.139. The zero-order chi connectivity index (χ0) is 26.4. The van der Waals surface area contributed by atoms with Gasteiger partial charge in [-0.1, -0.05) is 63.3 Å². The Hall–Kier alpha value is -2.54. The first kappa shape index (κ1) is 29.7. The summed E-state index contributed by atoms with van der Waals surface area (Å²) in [5.41, 5.74) is 0.0801. The number of ether oxygens (including phenoxy) is 2. The molecule has 0 unspecified atom stereocenters. The summed E-state index contributed by atoms with van der Waals surface area (Å²) in [7, 11) is 0. The molecule has 202 valence electrons. The first-order chi connectivity index (χ1) is 17.2. The van der Waals surface area contributed by atoms with Crippen molar-refractivity contribution in [1.82, 2.24) is 10.6 Å². The van der Waals surface area contributed by atoms with Crippen LogP contribution in [0.25, 0.3) is 0 Å². The summed E-state index contributed by atoms with van der Waals surface area (Å²) in [5, 5.41) is 15.5. The number of alkyl carbamates (subject to hydrolysis) is 1. The normalized spacial score (nSPS) is 17.8. The van der Waals surface area contributed by atoms with Crippen LogP contribution in [-0.2, 0) is 16.0 Å². The number of carbonyl (C=O) groups is 2. The Morgan fingerprint density at radius 2 is 1.53 bits per heavy atom. The molecule has 0 radical (unpaired) electrons. The predicted molar refractivity (Wildman–Crippen MR) is 144 cm³/mol. The van der Waals surface area contributed by atoms with Crippen LogP contribution in [0, 0.1) is 0 Å². The van der Waals surface area contributed by atoms with E-state index in [0.29, 0.717) is 12.4 Å². The fraction of sp³-hybridized carbons (Fsp3) is 0.655. The Kier molecular flexibility index (Phi) is 12.8. The molecule has 1 aromatic rings. The molecule has 0 saturated heterocycles. The number of carboxylic acids is 1. The van der Waals surface area contributed by atoms with Crippen molar-refractivity contribution in [1.29, 1.82) is 0 Å². The minimum absolute atomic E-state index is 0.149. The number of amides is 1. The van der Waals surface area contributed by atoms with Crippen LogP contribution in [-0.4, -0.2) is 47.5 Å². The monoisotopic (exact) mass is 502 g/mol. The molecule has 7 heteroatoms. The maximum absolute atomic E-state index is 11.7. The molecule has 1 aromatic carbocycles. The summed E-state index contributed by atoms with van der Waals surface area (Å²) in [5.74, 6) is -0.455. The summed E-state index contributed by atoms with van der Waals surface area (Å²) in [6, 6.07) is 7.67. The molecule has 0 aromatic heterocycles. The standard InChI is InChI=1S/C17H23NO5.C12H23N/c1-5-10-22-13-8-6-12(7-9-13)11-14(15(19)20)18-16(21)23-17(2,3)4;1-3-7-11(8-4-1)13-12-9-5-2-6-10-12/h5-9,14H,1,10-11H2,2-4H3,(H,18,21)(H,19,20);11-13H,1-10H2/t14-;/m1./s1. The highest BCUT2D eigenvalue weighted by atomic mass is 16.6. The maximum atomic E-state index is 11.7. The fourth-order valence-corrected chi connectivity index (χ4v) is 4.63. The number of aliphatic carboxylic acids is 1. The average molecular weight is 503 g/mol. The van der Waals surface area contributed by atoms with Gasteiger partial charge in [0.15, 0.2) is 0 Å². The van der Waals surface area contributed by atoms with E-state index in [0.717, 1.165) is 17.6 Å². The molecular weight excluding hydrogens is 456 g/mol. The Bertz CT molecular complexity index is 775. The largest absolute Gasteiger partial charge is 0.490 e. The number of carbonyl (C=O) groups excluding carboxylic acids is 1. The van der Waals surface area contributed by atoms with Crippen molar-refractivity contribution in [3.05, 3.63) is 42.5 Å². The van der Waals surface area contributed by atoms with Gasteiger partial charge in [-0.05, 0) is 64.2 Å². The number of nitrogens with one attached hydrogen (secondary N) is 2. The van der Waals surface area contributed by atoms with E-state index in [4.69, 9.17) is 9.47 Å². The lowest BCUT2D eigenvalue weighted by Crippen LogP contribution is -2.44. The van der Waals surface area contributed by atoms with Crippen molar-refractivity contribution in [2.45, 2.75) is 115 Å². The van der Waals surface area contributed by atoms with Crippen molar-refractivity contribution >= 4 is 12.1 Å². The van der Waals surface area contributed by atoms with Gasteiger partial charge in [-0.15, -0.1) is 0 Å². The smallest absolute Gasteiger partial charge is 0.408 e.